The molecule has 1 N–H and O–H groups in total. The molecule has 6 heteroatoms. The molecule has 5 nitrogen and oxygen atoms in total. The summed E-state index contributed by atoms with van der Waals surface area (Å²) >= 11 is 1.56. The molecule has 162 valence electrons. The van der Waals surface area contributed by atoms with Gasteiger partial charge in [-0.1, -0.05) is 54.6 Å². The van der Waals surface area contributed by atoms with E-state index < -0.39 is 0 Å². The molecule has 1 aliphatic rings. The lowest BCUT2D eigenvalue weighted by atomic mass is 10.1. The number of ether oxygens (including phenoxy) is 1. The number of amides is 2. The summed E-state index contributed by atoms with van der Waals surface area (Å²) in [7, 11) is 0. The number of rotatable bonds is 7. The van der Waals surface area contributed by atoms with Crippen LogP contribution in [-0.2, 0) is 9.59 Å². The van der Waals surface area contributed by atoms with Gasteiger partial charge in [0, 0.05) is 11.8 Å². The maximum Gasteiger partial charge on any atom is 0.248 e. The predicted octanol–water partition coefficient (Wildman–Crippen LogP) is 5.52. The van der Waals surface area contributed by atoms with Crippen LogP contribution in [0.5, 0.6) is 5.75 Å². The molecule has 0 aliphatic carbocycles. The quantitative estimate of drug-likeness (QED) is 0.488. The first-order valence-corrected chi connectivity index (χ1v) is 11.5. The normalized spacial score (nSPS) is 15.8. The van der Waals surface area contributed by atoms with E-state index in [9.17, 15) is 9.59 Å². The molecule has 1 atom stereocenters. The van der Waals surface area contributed by atoms with Crippen LogP contribution in [0.2, 0.25) is 0 Å². The maximum atomic E-state index is 12.8. The van der Waals surface area contributed by atoms with Crippen LogP contribution in [0, 0.1) is 0 Å². The topological polar surface area (TPSA) is 58.6 Å². The Balaban J connectivity index is 1.54. The Morgan fingerprint density at radius 2 is 1.88 bits per heavy atom. The van der Waals surface area contributed by atoms with Crippen LogP contribution in [-0.4, -0.2) is 24.2 Å². The van der Waals surface area contributed by atoms with E-state index in [1.807, 2.05) is 85.8 Å². The summed E-state index contributed by atoms with van der Waals surface area (Å²) in [5.74, 6) is 0.903. The minimum atomic E-state index is -0.209. The SMILES string of the molecule is CCOc1ccccc1N1C(=O)CS[C@H]1c1cccc(NC(=O)/C=C/c2ccccc2)c1. The van der Waals surface area contributed by atoms with Gasteiger partial charge in [0.15, 0.2) is 0 Å². The van der Waals surface area contributed by atoms with Crippen molar-refractivity contribution in [2.45, 2.75) is 12.3 Å². The molecule has 2 amide bonds. The summed E-state index contributed by atoms with van der Waals surface area (Å²) < 4.78 is 5.75. The average Bonchev–Trinajstić information content (AvgIpc) is 3.20. The number of benzene rings is 3. The minimum Gasteiger partial charge on any atom is -0.492 e. The first kappa shape index (κ1) is 21.7. The number of carbonyl (C=O) groups excluding carboxylic acids is 2. The van der Waals surface area contributed by atoms with Gasteiger partial charge in [-0.2, -0.15) is 0 Å². The Bertz CT molecular complexity index is 1130. The first-order chi connectivity index (χ1) is 15.7. The van der Waals surface area contributed by atoms with Gasteiger partial charge in [0.1, 0.15) is 11.1 Å². The van der Waals surface area contributed by atoms with Crippen LogP contribution in [0.4, 0.5) is 11.4 Å². The Labute approximate surface area is 192 Å². The molecule has 0 aromatic heterocycles. The molecular formula is C26H24N2O3S. The van der Waals surface area contributed by atoms with Crippen molar-refractivity contribution in [3.8, 4) is 5.75 Å². The molecular weight excluding hydrogens is 420 g/mol. The number of hydrogen-bond acceptors (Lipinski definition) is 4. The lowest BCUT2D eigenvalue weighted by molar-refractivity contribution is -0.116. The van der Waals surface area contributed by atoms with E-state index in [1.165, 1.54) is 6.08 Å². The van der Waals surface area contributed by atoms with Crippen molar-refractivity contribution in [1.29, 1.82) is 0 Å². The van der Waals surface area contributed by atoms with Crippen LogP contribution in [0.1, 0.15) is 23.4 Å². The number of nitrogens with zero attached hydrogens (tertiary/aromatic N) is 1. The van der Waals surface area contributed by atoms with Crippen molar-refractivity contribution in [3.05, 3.63) is 96.1 Å². The molecule has 0 bridgehead atoms. The highest BCUT2D eigenvalue weighted by Crippen LogP contribution is 2.45. The summed E-state index contributed by atoms with van der Waals surface area (Å²) in [5, 5.41) is 2.72. The second-order valence-electron chi connectivity index (χ2n) is 7.19. The fourth-order valence-electron chi connectivity index (χ4n) is 3.55. The van der Waals surface area contributed by atoms with Crippen molar-refractivity contribution < 1.29 is 14.3 Å². The summed E-state index contributed by atoms with van der Waals surface area (Å²) in [6.45, 7) is 2.45. The fraction of sp³-hybridized carbons (Fsp3) is 0.154. The number of nitrogens with one attached hydrogen (secondary N) is 1. The van der Waals surface area contributed by atoms with Gasteiger partial charge in [0.2, 0.25) is 11.8 Å². The third-order valence-corrected chi connectivity index (χ3v) is 6.17. The molecule has 1 saturated heterocycles. The second kappa shape index (κ2) is 10.2. The van der Waals surface area contributed by atoms with Crippen LogP contribution in [0.25, 0.3) is 6.08 Å². The van der Waals surface area contributed by atoms with E-state index >= 15 is 0 Å². The third kappa shape index (κ3) is 5.03. The standard InChI is InChI=1S/C26H24N2O3S/c1-2-31-23-14-7-6-13-22(23)28-25(30)18-32-26(28)20-11-8-12-21(17-20)27-24(29)16-15-19-9-4-3-5-10-19/h3-17,26H,2,18H2,1H3,(H,27,29)/b16-15+/t26-/m0/s1. The lowest BCUT2D eigenvalue weighted by Gasteiger charge is -2.26. The summed E-state index contributed by atoms with van der Waals surface area (Å²) in [5.41, 5.74) is 3.34. The van der Waals surface area contributed by atoms with Gasteiger partial charge in [0.05, 0.1) is 18.0 Å². The Kier molecular flexibility index (Phi) is 6.92. The lowest BCUT2D eigenvalue weighted by Crippen LogP contribution is -2.28. The molecule has 4 rings (SSSR count). The van der Waals surface area contributed by atoms with E-state index in [0.717, 1.165) is 16.8 Å². The fourth-order valence-corrected chi connectivity index (χ4v) is 4.71. The second-order valence-corrected chi connectivity index (χ2v) is 8.26. The molecule has 1 fully saturated rings. The number of hydrogen-bond donors (Lipinski definition) is 1. The van der Waals surface area contributed by atoms with Gasteiger partial charge in [-0.25, -0.2) is 0 Å². The van der Waals surface area contributed by atoms with Gasteiger partial charge in [0.25, 0.3) is 0 Å². The molecule has 1 aliphatic heterocycles. The smallest absolute Gasteiger partial charge is 0.248 e. The average molecular weight is 445 g/mol. The van der Waals surface area contributed by atoms with Crippen molar-refractivity contribution in [2.24, 2.45) is 0 Å². The number of thioether (sulfide) groups is 1. The van der Waals surface area contributed by atoms with Crippen LogP contribution >= 0.6 is 11.8 Å². The third-order valence-electron chi connectivity index (χ3n) is 4.96. The van der Waals surface area contributed by atoms with Gasteiger partial charge in [-0.15, -0.1) is 11.8 Å². The van der Waals surface area contributed by atoms with Gasteiger partial charge in [-0.05, 0) is 48.4 Å². The zero-order chi connectivity index (χ0) is 22.3. The zero-order valence-electron chi connectivity index (χ0n) is 17.7. The molecule has 3 aromatic rings. The monoisotopic (exact) mass is 444 g/mol. The van der Waals surface area contributed by atoms with Crippen molar-refractivity contribution >= 4 is 41.0 Å². The van der Waals surface area contributed by atoms with Crippen LogP contribution < -0.4 is 15.0 Å². The molecule has 0 radical (unpaired) electrons. The maximum absolute atomic E-state index is 12.8. The Morgan fingerprint density at radius 1 is 1.09 bits per heavy atom. The Morgan fingerprint density at radius 3 is 2.69 bits per heavy atom. The number of anilines is 2. The molecule has 0 spiro atoms. The summed E-state index contributed by atoms with van der Waals surface area (Å²) in [6, 6.07) is 24.9. The van der Waals surface area contributed by atoms with E-state index in [-0.39, 0.29) is 17.2 Å². The van der Waals surface area contributed by atoms with E-state index in [1.54, 1.807) is 22.7 Å². The van der Waals surface area contributed by atoms with Gasteiger partial charge < -0.3 is 10.1 Å². The van der Waals surface area contributed by atoms with Gasteiger partial charge >= 0.3 is 0 Å². The highest BCUT2D eigenvalue weighted by atomic mass is 32.2. The largest absolute Gasteiger partial charge is 0.492 e. The molecule has 0 unspecified atom stereocenters. The van der Waals surface area contributed by atoms with Crippen molar-refractivity contribution in [1.82, 2.24) is 0 Å². The molecule has 0 saturated carbocycles. The van der Waals surface area contributed by atoms with E-state index in [2.05, 4.69) is 5.32 Å². The van der Waals surface area contributed by atoms with Crippen LogP contribution in [0.15, 0.2) is 84.9 Å². The van der Waals surface area contributed by atoms with Crippen molar-refractivity contribution in [2.75, 3.05) is 22.6 Å². The number of para-hydroxylation sites is 2. The summed E-state index contributed by atoms with van der Waals surface area (Å²) in [4.78, 5) is 26.9. The zero-order valence-corrected chi connectivity index (χ0v) is 18.5. The predicted molar refractivity (Wildman–Crippen MR) is 131 cm³/mol. The van der Waals surface area contributed by atoms with Crippen molar-refractivity contribution in [3.63, 3.8) is 0 Å². The Hall–Kier alpha value is -3.51. The first-order valence-electron chi connectivity index (χ1n) is 10.5. The molecule has 1 heterocycles. The van der Waals surface area contributed by atoms with E-state index in [0.29, 0.717) is 23.8 Å². The molecule has 3 aromatic carbocycles. The van der Waals surface area contributed by atoms with Gasteiger partial charge in [-0.3, -0.25) is 14.5 Å². The van der Waals surface area contributed by atoms with Crippen LogP contribution in [0.3, 0.4) is 0 Å². The minimum absolute atomic E-state index is 0.0346. The number of carbonyl (C=O) groups is 2. The summed E-state index contributed by atoms with van der Waals surface area (Å²) in [6.07, 6.45) is 3.29. The highest BCUT2D eigenvalue weighted by molar-refractivity contribution is 8.00. The van der Waals surface area contributed by atoms with E-state index in [4.69, 9.17) is 4.74 Å². The molecule has 32 heavy (non-hydrogen) atoms. The highest BCUT2D eigenvalue weighted by Gasteiger charge is 2.35.